The second kappa shape index (κ2) is 4.34. The van der Waals surface area contributed by atoms with Crippen molar-refractivity contribution in [3.8, 4) is 11.4 Å². The summed E-state index contributed by atoms with van der Waals surface area (Å²) in [5.74, 6) is 1.43. The minimum atomic E-state index is -0.0660. The molecule has 0 radical (unpaired) electrons. The molecule has 0 atom stereocenters. The van der Waals surface area contributed by atoms with E-state index in [1.54, 1.807) is 6.20 Å². The molecule has 2 aromatic heterocycles. The van der Waals surface area contributed by atoms with Crippen LogP contribution in [0.4, 0.5) is 5.82 Å². The molecule has 2 heterocycles. The summed E-state index contributed by atoms with van der Waals surface area (Å²) in [6, 6.07) is 12.0. The molecule has 1 aromatic carbocycles. The molecule has 3 rings (SSSR count). The minimum absolute atomic E-state index is 0.0660. The van der Waals surface area contributed by atoms with Crippen LogP contribution in [0.1, 0.15) is 20.8 Å². The molecule has 2 N–H and O–H groups in total. The molecule has 4 heteroatoms. The summed E-state index contributed by atoms with van der Waals surface area (Å²) in [6.07, 6.45) is 1.72. The van der Waals surface area contributed by atoms with Crippen LogP contribution in [0.15, 0.2) is 42.6 Å². The van der Waals surface area contributed by atoms with Gasteiger partial charge in [0.25, 0.3) is 0 Å². The summed E-state index contributed by atoms with van der Waals surface area (Å²) in [7, 11) is 0. The van der Waals surface area contributed by atoms with Gasteiger partial charge in [-0.15, -0.1) is 0 Å². The summed E-state index contributed by atoms with van der Waals surface area (Å²) in [6.45, 7) is 6.53. The van der Waals surface area contributed by atoms with Gasteiger partial charge in [-0.25, -0.2) is 9.97 Å². The lowest BCUT2D eigenvalue weighted by Gasteiger charge is -2.24. The number of nitrogen functional groups attached to an aromatic ring is 1. The fourth-order valence-corrected chi connectivity index (χ4v) is 2.49. The number of hydrogen-bond donors (Lipinski definition) is 1. The fourth-order valence-electron chi connectivity index (χ4n) is 2.49. The van der Waals surface area contributed by atoms with E-state index < -0.39 is 0 Å². The number of anilines is 1. The number of imidazole rings is 1. The molecule has 4 nitrogen and oxygen atoms in total. The van der Waals surface area contributed by atoms with Gasteiger partial charge in [-0.05, 0) is 45.0 Å². The van der Waals surface area contributed by atoms with Gasteiger partial charge in [-0.3, -0.25) is 0 Å². The average molecular weight is 266 g/mol. The smallest absolute Gasteiger partial charge is 0.141 e. The van der Waals surface area contributed by atoms with Crippen LogP contribution < -0.4 is 5.73 Å². The van der Waals surface area contributed by atoms with Crippen LogP contribution in [0.3, 0.4) is 0 Å². The van der Waals surface area contributed by atoms with E-state index in [0.717, 1.165) is 22.4 Å². The first-order valence-corrected chi connectivity index (χ1v) is 6.67. The summed E-state index contributed by atoms with van der Waals surface area (Å²) in [5.41, 5.74) is 8.85. The van der Waals surface area contributed by atoms with E-state index >= 15 is 0 Å². The highest BCUT2D eigenvalue weighted by molar-refractivity contribution is 5.81. The number of para-hydroxylation sites is 2. The summed E-state index contributed by atoms with van der Waals surface area (Å²) >= 11 is 0. The number of fused-ring (bicyclic) bond motifs is 1. The van der Waals surface area contributed by atoms with E-state index in [2.05, 4.69) is 36.4 Å². The van der Waals surface area contributed by atoms with Gasteiger partial charge < -0.3 is 10.3 Å². The quantitative estimate of drug-likeness (QED) is 0.734. The standard InChI is InChI=1S/C16H18N4/c1-16(2,3)20-13-7-5-4-6-12(13)19-15(20)11-8-9-18-14(17)10-11/h4-10H,1-3H3,(H2,17,18). The number of nitrogens with zero attached hydrogens (tertiary/aromatic N) is 3. The third-order valence-corrected chi connectivity index (χ3v) is 3.27. The zero-order chi connectivity index (χ0) is 14.3. The molecule has 0 saturated heterocycles. The molecule has 0 aliphatic heterocycles. The van der Waals surface area contributed by atoms with E-state index in [1.165, 1.54) is 0 Å². The summed E-state index contributed by atoms with van der Waals surface area (Å²) in [4.78, 5) is 8.82. The largest absolute Gasteiger partial charge is 0.384 e. The van der Waals surface area contributed by atoms with Gasteiger partial charge in [0.05, 0.1) is 11.0 Å². The average Bonchev–Trinajstić information content (AvgIpc) is 2.77. The number of hydrogen-bond acceptors (Lipinski definition) is 3. The number of nitrogens with two attached hydrogens (primary N) is 1. The molecule has 0 amide bonds. The zero-order valence-electron chi connectivity index (χ0n) is 12.0. The molecule has 0 saturated carbocycles. The molecule has 3 aromatic rings. The lowest BCUT2D eigenvalue weighted by Crippen LogP contribution is -2.22. The van der Waals surface area contributed by atoms with Gasteiger partial charge in [0.15, 0.2) is 0 Å². The van der Waals surface area contributed by atoms with E-state index in [9.17, 15) is 0 Å². The fraction of sp³-hybridized carbons (Fsp3) is 0.250. The third-order valence-electron chi connectivity index (χ3n) is 3.27. The van der Waals surface area contributed by atoms with Crippen LogP contribution in [0.5, 0.6) is 0 Å². The predicted octanol–water partition coefficient (Wildman–Crippen LogP) is 3.44. The molecule has 0 spiro atoms. The van der Waals surface area contributed by atoms with E-state index in [-0.39, 0.29) is 5.54 Å². The van der Waals surface area contributed by atoms with E-state index in [1.807, 2.05) is 30.3 Å². The van der Waals surface area contributed by atoms with Crippen molar-refractivity contribution in [2.24, 2.45) is 0 Å². The van der Waals surface area contributed by atoms with Crippen LogP contribution in [0, 0.1) is 0 Å². The highest BCUT2D eigenvalue weighted by Gasteiger charge is 2.22. The van der Waals surface area contributed by atoms with Gasteiger partial charge in [-0.2, -0.15) is 0 Å². The van der Waals surface area contributed by atoms with Gasteiger partial charge in [0.1, 0.15) is 11.6 Å². The number of aromatic nitrogens is 3. The topological polar surface area (TPSA) is 56.7 Å². The van der Waals surface area contributed by atoms with Crippen LogP contribution in [0.2, 0.25) is 0 Å². The molecular formula is C16H18N4. The maximum Gasteiger partial charge on any atom is 0.141 e. The van der Waals surface area contributed by atoms with Crippen LogP contribution in [-0.2, 0) is 5.54 Å². The van der Waals surface area contributed by atoms with Crippen LogP contribution in [0.25, 0.3) is 22.4 Å². The Morgan fingerprint density at radius 3 is 2.55 bits per heavy atom. The summed E-state index contributed by atoms with van der Waals surface area (Å²) in [5, 5.41) is 0. The lowest BCUT2D eigenvalue weighted by atomic mass is 10.1. The molecule has 0 aliphatic rings. The van der Waals surface area contributed by atoms with Crippen molar-refractivity contribution in [3.05, 3.63) is 42.6 Å². The Balaban J connectivity index is 2.35. The zero-order valence-corrected chi connectivity index (χ0v) is 12.0. The number of pyridine rings is 1. The molecule has 0 fully saturated rings. The first-order chi connectivity index (χ1) is 9.47. The van der Waals surface area contributed by atoms with Crippen molar-refractivity contribution in [1.82, 2.24) is 14.5 Å². The highest BCUT2D eigenvalue weighted by Crippen LogP contribution is 2.31. The van der Waals surface area contributed by atoms with Crippen molar-refractivity contribution in [2.45, 2.75) is 26.3 Å². The van der Waals surface area contributed by atoms with E-state index in [0.29, 0.717) is 5.82 Å². The Labute approximate surface area is 118 Å². The van der Waals surface area contributed by atoms with Gasteiger partial charge in [0.2, 0.25) is 0 Å². The maximum atomic E-state index is 5.80. The molecule has 0 bridgehead atoms. The van der Waals surface area contributed by atoms with Gasteiger partial charge in [-0.1, -0.05) is 12.1 Å². The second-order valence-corrected chi connectivity index (χ2v) is 5.90. The van der Waals surface area contributed by atoms with Crippen LogP contribution >= 0.6 is 0 Å². The Morgan fingerprint density at radius 2 is 1.85 bits per heavy atom. The number of rotatable bonds is 1. The monoisotopic (exact) mass is 266 g/mol. The van der Waals surface area contributed by atoms with Gasteiger partial charge in [0, 0.05) is 17.3 Å². The maximum absolute atomic E-state index is 5.80. The van der Waals surface area contributed by atoms with Crippen molar-refractivity contribution >= 4 is 16.9 Å². The summed E-state index contributed by atoms with van der Waals surface area (Å²) < 4.78 is 2.25. The molecule has 20 heavy (non-hydrogen) atoms. The number of benzene rings is 1. The molecule has 102 valence electrons. The first-order valence-electron chi connectivity index (χ1n) is 6.67. The Morgan fingerprint density at radius 1 is 1.10 bits per heavy atom. The second-order valence-electron chi connectivity index (χ2n) is 5.90. The van der Waals surface area contributed by atoms with Crippen molar-refractivity contribution in [2.75, 3.05) is 5.73 Å². The van der Waals surface area contributed by atoms with Crippen molar-refractivity contribution in [3.63, 3.8) is 0 Å². The molecule has 0 aliphatic carbocycles. The predicted molar refractivity (Wildman–Crippen MR) is 82.4 cm³/mol. The Kier molecular flexibility index (Phi) is 2.74. The van der Waals surface area contributed by atoms with Crippen LogP contribution in [-0.4, -0.2) is 14.5 Å². The highest BCUT2D eigenvalue weighted by atomic mass is 15.1. The van der Waals surface area contributed by atoms with Crippen molar-refractivity contribution in [1.29, 1.82) is 0 Å². The Bertz CT molecular complexity index is 765. The normalized spacial score (nSPS) is 11.9. The SMILES string of the molecule is CC(C)(C)n1c(-c2ccnc(N)c2)nc2ccccc21. The molecular weight excluding hydrogens is 248 g/mol. The van der Waals surface area contributed by atoms with E-state index in [4.69, 9.17) is 10.7 Å². The third kappa shape index (κ3) is 2.03. The van der Waals surface area contributed by atoms with Gasteiger partial charge >= 0.3 is 0 Å². The lowest BCUT2D eigenvalue weighted by molar-refractivity contribution is 0.413. The first kappa shape index (κ1) is 12.7. The van der Waals surface area contributed by atoms with Crippen molar-refractivity contribution < 1.29 is 0 Å². The minimum Gasteiger partial charge on any atom is -0.384 e. The Hall–Kier alpha value is -2.36. The molecule has 0 unspecified atom stereocenters.